The molecule has 1 aromatic rings. The van der Waals surface area contributed by atoms with Gasteiger partial charge in [-0.15, -0.1) is 0 Å². The Morgan fingerprint density at radius 3 is 1.21 bits per heavy atom. The lowest BCUT2D eigenvalue weighted by Crippen LogP contribution is -2.75. The summed E-state index contributed by atoms with van der Waals surface area (Å²) in [7, 11) is -7.66. The molecule has 228 valence electrons. The van der Waals surface area contributed by atoms with E-state index in [0.29, 0.717) is 6.92 Å². The van der Waals surface area contributed by atoms with Crippen molar-refractivity contribution in [2.45, 2.75) is 53.9 Å². The minimum absolute atomic E-state index is 0.429. The first-order chi connectivity index (χ1) is 16.8. The van der Waals surface area contributed by atoms with E-state index < -0.39 is 84.4 Å². The van der Waals surface area contributed by atoms with Crippen molar-refractivity contribution >= 4 is 39.2 Å². The largest absolute Gasteiger partial charge is 0.460 e. The van der Waals surface area contributed by atoms with Crippen LogP contribution in [0.1, 0.15) is 6.92 Å². The first-order valence-corrected chi connectivity index (χ1v) is 10.8. The van der Waals surface area contributed by atoms with Crippen LogP contribution in [0.25, 0.3) is 0 Å². The molecule has 0 fully saturated rings. The Hall–Kier alpha value is -1.85. The zero-order valence-corrected chi connectivity index (χ0v) is 19.7. The van der Waals surface area contributed by atoms with Crippen molar-refractivity contribution < 1.29 is 83.1 Å². The standard InChI is InChI=1S/C13H5Cl2F17N4O2S/c1-2-36(5-34-3(14)33-4(15)35-5)39(37,38)13(31,32)11(26,27)9(22,23)7(18,19)6(16,17)8(20,21)10(24,25)12(28,29)30/h2H2,1H3. The molecule has 1 aromatic heterocycles. The molecule has 0 aliphatic rings. The Bertz CT molecular complexity index is 1170. The van der Waals surface area contributed by atoms with Crippen LogP contribution in [0.4, 0.5) is 80.6 Å². The molecule has 1 heterocycles. The van der Waals surface area contributed by atoms with E-state index >= 15 is 0 Å². The van der Waals surface area contributed by atoms with E-state index in [1.165, 1.54) is 0 Å². The molecule has 0 aliphatic heterocycles. The minimum Gasteiger partial charge on any atom is -0.232 e. The first-order valence-electron chi connectivity index (χ1n) is 8.65. The zero-order valence-electron chi connectivity index (χ0n) is 17.4. The topological polar surface area (TPSA) is 76.1 Å². The molecule has 0 aromatic carbocycles. The van der Waals surface area contributed by atoms with Crippen LogP contribution in [0.2, 0.25) is 10.6 Å². The summed E-state index contributed by atoms with van der Waals surface area (Å²) in [5, 5.41) is -10.2. The second kappa shape index (κ2) is 9.62. The molecule has 0 spiro atoms. The van der Waals surface area contributed by atoms with Crippen molar-refractivity contribution in [2.24, 2.45) is 0 Å². The summed E-state index contributed by atoms with van der Waals surface area (Å²) in [4.78, 5) is 8.50. The summed E-state index contributed by atoms with van der Waals surface area (Å²) >= 11 is 10.4. The van der Waals surface area contributed by atoms with Crippen molar-refractivity contribution in [3.05, 3.63) is 10.6 Å². The summed E-state index contributed by atoms with van der Waals surface area (Å²) < 4.78 is 251. The van der Waals surface area contributed by atoms with Gasteiger partial charge in [0.1, 0.15) is 0 Å². The molecular weight excluding hydrogens is 670 g/mol. The van der Waals surface area contributed by atoms with Crippen molar-refractivity contribution in [3.63, 3.8) is 0 Å². The summed E-state index contributed by atoms with van der Waals surface area (Å²) in [6, 6.07) is 0. The van der Waals surface area contributed by atoms with E-state index in [1.807, 2.05) is 0 Å². The van der Waals surface area contributed by atoms with E-state index in [4.69, 9.17) is 23.2 Å². The summed E-state index contributed by atoms with van der Waals surface area (Å²) in [6.45, 7) is -1.18. The van der Waals surface area contributed by atoms with E-state index in [1.54, 1.807) is 0 Å². The van der Waals surface area contributed by atoms with Gasteiger partial charge in [-0.1, -0.05) is 0 Å². The number of aromatic nitrogens is 3. The van der Waals surface area contributed by atoms with Crippen LogP contribution in [0.15, 0.2) is 0 Å². The van der Waals surface area contributed by atoms with Gasteiger partial charge < -0.3 is 0 Å². The van der Waals surface area contributed by atoms with E-state index in [2.05, 4.69) is 15.0 Å². The summed E-state index contributed by atoms with van der Waals surface area (Å²) in [5.74, 6) is -54.0. The number of anilines is 1. The highest BCUT2D eigenvalue weighted by Crippen LogP contribution is 2.64. The van der Waals surface area contributed by atoms with Gasteiger partial charge in [-0.25, -0.2) is 4.31 Å². The molecule has 26 heteroatoms. The maximum Gasteiger partial charge on any atom is 0.460 e. The fourth-order valence-corrected chi connectivity index (χ4v) is 4.02. The number of halogens is 19. The van der Waals surface area contributed by atoms with Crippen LogP contribution < -0.4 is 4.31 Å². The van der Waals surface area contributed by atoms with E-state index in [9.17, 15) is 83.1 Å². The molecule has 0 saturated heterocycles. The number of sulfonamides is 1. The Kier molecular flexibility index (Phi) is 8.67. The van der Waals surface area contributed by atoms with E-state index in [0.717, 1.165) is 0 Å². The Morgan fingerprint density at radius 1 is 0.590 bits per heavy atom. The number of alkyl halides is 17. The van der Waals surface area contributed by atoms with Crippen LogP contribution in [0.3, 0.4) is 0 Å². The van der Waals surface area contributed by atoms with Crippen molar-refractivity contribution in [3.8, 4) is 0 Å². The molecule has 0 radical (unpaired) electrons. The molecule has 0 saturated carbocycles. The Morgan fingerprint density at radius 2 is 0.897 bits per heavy atom. The highest BCUT2D eigenvalue weighted by atomic mass is 35.5. The van der Waals surface area contributed by atoms with Crippen LogP contribution in [0, 0.1) is 0 Å². The third-order valence-corrected chi connectivity index (χ3v) is 6.63. The van der Waals surface area contributed by atoms with Crippen molar-refractivity contribution in [1.82, 2.24) is 15.0 Å². The van der Waals surface area contributed by atoms with Crippen LogP contribution in [-0.2, 0) is 10.0 Å². The molecular formula is C13H5Cl2F17N4O2S. The van der Waals surface area contributed by atoms with Gasteiger partial charge in [-0.3, -0.25) is 0 Å². The lowest BCUT2D eigenvalue weighted by molar-refractivity contribution is -0.458. The second-order valence-corrected chi connectivity index (χ2v) is 9.38. The lowest BCUT2D eigenvalue weighted by atomic mass is 9.91. The zero-order chi connectivity index (χ0) is 31.6. The van der Waals surface area contributed by atoms with Gasteiger partial charge in [-0.2, -0.15) is 98.0 Å². The van der Waals surface area contributed by atoms with Crippen LogP contribution >= 0.6 is 23.2 Å². The number of rotatable bonds is 10. The maximum atomic E-state index is 14.3. The van der Waals surface area contributed by atoms with Gasteiger partial charge in [-0.05, 0) is 30.1 Å². The smallest absolute Gasteiger partial charge is 0.232 e. The van der Waals surface area contributed by atoms with E-state index in [-0.39, 0.29) is 0 Å². The SMILES string of the molecule is CCN(c1nc(Cl)nc(Cl)n1)S(=O)(=O)C(F)(F)C(F)(F)C(F)(F)C(F)(F)C(F)(F)C(F)(F)C(F)(F)C(F)(F)F. The summed E-state index contributed by atoms with van der Waals surface area (Å²) in [5.41, 5.74) is 0. The van der Waals surface area contributed by atoms with Gasteiger partial charge in [0.15, 0.2) is 0 Å². The molecule has 0 bridgehead atoms. The van der Waals surface area contributed by atoms with Crippen LogP contribution in [-0.4, -0.2) is 76.9 Å². The highest BCUT2D eigenvalue weighted by molar-refractivity contribution is 7.93. The average Bonchev–Trinajstić information content (AvgIpc) is 2.71. The molecule has 0 N–H and O–H groups in total. The fraction of sp³-hybridized carbons (Fsp3) is 0.769. The van der Waals surface area contributed by atoms with Gasteiger partial charge in [0.25, 0.3) is 0 Å². The van der Waals surface area contributed by atoms with Crippen LogP contribution in [0.5, 0.6) is 0 Å². The van der Waals surface area contributed by atoms with Crippen molar-refractivity contribution in [2.75, 3.05) is 10.8 Å². The van der Waals surface area contributed by atoms with Crippen molar-refractivity contribution in [1.29, 1.82) is 0 Å². The molecule has 0 atom stereocenters. The van der Waals surface area contributed by atoms with Gasteiger partial charge in [0, 0.05) is 6.54 Å². The Labute approximate surface area is 213 Å². The Balaban J connectivity index is 3.86. The quantitative estimate of drug-likeness (QED) is 0.273. The van der Waals surface area contributed by atoms with Gasteiger partial charge in [0.05, 0.1) is 0 Å². The van der Waals surface area contributed by atoms with Gasteiger partial charge >= 0.3 is 57.0 Å². The third kappa shape index (κ3) is 4.76. The first kappa shape index (κ1) is 35.2. The normalized spacial score (nSPS) is 15.5. The highest BCUT2D eigenvalue weighted by Gasteiger charge is 2.96. The molecule has 6 nitrogen and oxygen atoms in total. The monoisotopic (exact) mass is 674 g/mol. The second-order valence-electron chi connectivity index (χ2n) is 6.80. The number of hydrogen-bond donors (Lipinski definition) is 0. The van der Waals surface area contributed by atoms with Gasteiger partial charge in [0.2, 0.25) is 16.5 Å². The molecule has 0 amide bonds. The predicted octanol–water partition coefficient (Wildman–Crippen LogP) is 6.30. The third-order valence-electron chi connectivity index (χ3n) is 4.39. The average molecular weight is 675 g/mol. The summed E-state index contributed by atoms with van der Waals surface area (Å²) in [6.07, 6.45) is -7.92. The predicted molar refractivity (Wildman–Crippen MR) is 92.5 cm³/mol. The molecule has 0 aliphatic carbocycles. The fourth-order valence-electron chi connectivity index (χ4n) is 2.30. The number of nitrogens with zero attached hydrogens (tertiary/aromatic N) is 4. The maximum absolute atomic E-state index is 14.3. The lowest BCUT2D eigenvalue weighted by Gasteiger charge is -2.42. The molecule has 0 unspecified atom stereocenters. The molecule has 1 rings (SSSR count). The minimum atomic E-state index is -8.95. The molecule has 39 heavy (non-hydrogen) atoms. The number of hydrogen-bond acceptors (Lipinski definition) is 5.